The standard InChI is InChI=1S/C26H29N3O6S/c1-15(2)14-35-18(17-9-7-6-8-10-17)13-28-23-19(16(3)20(36-23)21-27-11-12-34-21)22(30)29(25(28)33)26(4,5)24(31)32/h6-12,15,18H,13-14H2,1-5H3,(H,31,32)/t18-/m0/s1. The van der Waals surface area contributed by atoms with Gasteiger partial charge in [-0.15, -0.1) is 11.3 Å². The summed E-state index contributed by atoms with van der Waals surface area (Å²) in [4.78, 5) is 44.8. The Morgan fingerprint density at radius 1 is 1.22 bits per heavy atom. The molecule has 10 heteroatoms. The Balaban J connectivity index is 2.01. The minimum atomic E-state index is -1.78. The number of fused-ring (bicyclic) bond motifs is 1. The molecule has 4 aromatic rings. The zero-order valence-electron chi connectivity index (χ0n) is 20.8. The summed E-state index contributed by atoms with van der Waals surface area (Å²) in [6.45, 7) is 9.05. The van der Waals surface area contributed by atoms with Gasteiger partial charge >= 0.3 is 11.7 Å². The molecule has 190 valence electrons. The number of ether oxygens (including phenoxy) is 1. The molecule has 0 aliphatic heterocycles. The second-order valence-corrected chi connectivity index (χ2v) is 10.6. The summed E-state index contributed by atoms with van der Waals surface area (Å²) in [7, 11) is 0. The minimum Gasteiger partial charge on any atom is -0.480 e. The molecule has 1 aromatic carbocycles. The molecule has 0 saturated carbocycles. The Kier molecular flexibility index (Phi) is 7.01. The first-order valence-electron chi connectivity index (χ1n) is 11.6. The summed E-state index contributed by atoms with van der Waals surface area (Å²) in [6, 6.07) is 9.52. The normalized spacial score (nSPS) is 12.9. The Bertz CT molecular complexity index is 1500. The third kappa shape index (κ3) is 4.54. The van der Waals surface area contributed by atoms with E-state index < -0.39 is 28.9 Å². The van der Waals surface area contributed by atoms with Crippen molar-refractivity contribution < 1.29 is 19.1 Å². The average Bonchev–Trinajstić information content (AvgIpc) is 3.47. The van der Waals surface area contributed by atoms with Crippen molar-refractivity contribution in [3.05, 3.63) is 74.8 Å². The number of carboxylic acids is 1. The van der Waals surface area contributed by atoms with Crippen LogP contribution >= 0.6 is 11.3 Å². The molecule has 0 fully saturated rings. The number of nitrogens with zero attached hydrogens (tertiary/aromatic N) is 3. The number of aromatic nitrogens is 3. The Hall–Kier alpha value is -3.50. The molecule has 0 spiro atoms. The number of hydrogen-bond donors (Lipinski definition) is 1. The lowest BCUT2D eigenvalue weighted by atomic mass is 10.1. The topological polar surface area (TPSA) is 117 Å². The lowest BCUT2D eigenvalue weighted by Gasteiger charge is -2.25. The van der Waals surface area contributed by atoms with Gasteiger partial charge in [0.1, 0.15) is 22.7 Å². The van der Waals surface area contributed by atoms with Gasteiger partial charge in [0.05, 0.1) is 23.0 Å². The van der Waals surface area contributed by atoms with Gasteiger partial charge in [0.15, 0.2) is 0 Å². The highest BCUT2D eigenvalue weighted by atomic mass is 32.1. The summed E-state index contributed by atoms with van der Waals surface area (Å²) < 4.78 is 14.0. The second-order valence-electron chi connectivity index (χ2n) is 9.60. The molecule has 0 aliphatic carbocycles. The molecule has 4 rings (SSSR count). The largest absolute Gasteiger partial charge is 0.480 e. The summed E-state index contributed by atoms with van der Waals surface area (Å²) in [5.41, 5.74) is -1.71. The zero-order chi connectivity index (χ0) is 26.2. The summed E-state index contributed by atoms with van der Waals surface area (Å²) in [6.07, 6.45) is 2.44. The van der Waals surface area contributed by atoms with E-state index in [2.05, 4.69) is 4.98 Å². The van der Waals surface area contributed by atoms with Crippen LogP contribution in [0, 0.1) is 12.8 Å². The maximum Gasteiger partial charge on any atom is 0.333 e. The van der Waals surface area contributed by atoms with Crippen LogP contribution in [0.2, 0.25) is 0 Å². The van der Waals surface area contributed by atoms with Gasteiger partial charge in [0.25, 0.3) is 5.56 Å². The number of carboxylic acid groups (broad SMARTS) is 1. The van der Waals surface area contributed by atoms with Crippen LogP contribution in [0.25, 0.3) is 21.0 Å². The van der Waals surface area contributed by atoms with Crippen LogP contribution in [0.4, 0.5) is 0 Å². The fraction of sp³-hybridized carbons (Fsp3) is 0.385. The van der Waals surface area contributed by atoms with E-state index in [1.54, 1.807) is 6.92 Å². The lowest BCUT2D eigenvalue weighted by Crippen LogP contribution is -2.52. The van der Waals surface area contributed by atoms with Gasteiger partial charge in [-0.2, -0.15) is 0 Å². The number of aryl methyl sites for hydroxylation is 1. The van der Waals surface area contributed by atoms with Gasteiger partial charge < -0.3 is 14.3 Å². The van der Waals surface area contributed by atoms with Crippen molar-refractivity contribution in [2.24, 2.45) is 5.92 Å². The van der Waals surface area contributed by atoms with Gasteiger partial charge in [0.2, 0.25) is 5.89 Å². The van der Waals surface area contributed by atoms with Crippen molar-refractivity contribution in [3.8, 4) is 10.8 Å². The monoisotopic (exact) mass is 511 g/mol. The third-order valence-electron chi connectivity index (χ3n) is 6.07. The molecule has 0 saturated heterocycles. The van der Waals surface area contributed by atoms with E-state index in [0.29, 0.717) is 27.8 Å². The van der Waals surface area contributed by atoms with Crippen LogP contribution in [0.3, 0.4) is 0 Å². The van der Waals surface area contributed by atoms with Crippen LogP contribution in [0.1, 0.15) is 44.9 Å². The molecule has 36 heavy (non-hydrogen) atoms. The summed E-state index contributed by atoms with van der Waals surface area (Å²) in [5, 5.41) is 10.1. The van der Waals surface area contributed by atoms with Crippen LogP contribution in [-0.2, 0) is 21.6 Å². The summed E-state index contributed by atoms with van der Waals surface area (Å²) >= 11 is 1.22. The second kappa shape index (κ2) is 9.87. The van der Waals surface area contributed by atoms with Crippen LogP contribution in [-0.4, -0.2) is 31.8 Å². The van der Waals surface area contributed by atoms with E-state index in [0.717, 1.165) is 10.1 Å². The predicted octanol–water partition coefficient (Wildman–Crippen LogP) is 4.42. The first-order chi connectivity index (χ1) is 17.0. The van der Waals surface area contributed by atoms with E-state index in [4.69, 9.17) is 9.15 Å². The van der Waals surface area contributed by atoms with E-state index in [1.165, 1.54) is 42.2 Å². The Labute approximate surface area is 211 Å². The van der Waals surface area contributed by atoms with Crippen LogP contribution in [0.15, 0.2) is 56.8 Å². The van der Waals surface area contributed by atoms with E-state index >= 15 is 0 Å². The highest BCUT2D eigenvalue weighted by Crippen LogP contribution is 2.36. The maximum atomic E-state index is 13.8. The molecule has 0 unspecified atom stereocenters. The van der Waals surface area contributed by atoms with Crippen molar-refractivity contribution in [1.82, 2.24) is 14.1 Å². The molecule has 1 atom stereocenters. The molecule has 0 amide bonds. The molecular formula is C26H29N3O6S. The number of aliphatic carboxylic acids is 1. The number of benzene rings is 1. The quantitative estimate of drug-likeness (QED) is 0.353. The third-order valence-corrected chi connectivity index (χ3v) is 7.37. The summed E-state index contributed by atoms with van der Waals surface area (Å²) in [5.74, 6) is -0.704. The van der Waals surface area contributed by atoms with Crippen molar-refractivity contribution >= 4 is 27.5 Å². The average molecular weight is 512 g/mol. The number of carbonyl (C=O) groups is 1. The zero-order valence-corrected chi connectivity index (χ0v) is 21.7. The predicted molar refractivity (Wildman–Crippen MR) is 138 cm³/mol. The molecule has 0 aliphatic rings. The minimum absolute atomic E-state index is 0.0903. The number of thiophene rings is 1. The van der Waals surface area contributed by atoms with Gasteiger partial charge in [-0.1, -0.05) is 44.2 Å². The SMILES string of the molecule is Cc1c(-c2ncco2)sc2c1c(=O)n(C(C)(C)C(=O)O)c(=O)n2C[C@H](OCC(C)C)c1ccccc1. The van der Waals surface area contributed by atoms with Gasteiger partial charge in [-0.25, -0.2) is 19.1 Å². The number of rotatable bonds is 9. The van der Waals surface area contributed by atoms with Crippen molar-refractivity contribution in [2.75, 3.05) is 6.61 Å². The van der Waals surface area contributed by atoms with E-state index in [9.17, 15) is 19.5 Å². The van der Waals surface area contributed by atoms with Crippen molar-refractivity contribution in [2.45, 2.75) is 52.8 Å². The molecule has 9 nitrogen and oxygen atoms in total. The Morgan fingerprint density at radius 2 is 1.92 bits per heavy atom. The van der Waals surface area contributed by atoms with Crippen LogP contribution in [0.5, 0.6) is 0 Å². The highest BCUT2D eigenvalue weighted by Gasteiger charge is 2.36. The smallest absolute Gasteiger partial charge is 0.333 e. The fourth-order valence-corrected chi connectivity index (χ4v) is 5.27. The van der Waals surface area contributed by atoms with Gasteiger partial charge in [-0.05, 0) is 37.8 Å². The first-order valence-corrected chi connectivity index (χ1v) is 12.4. The lowest BCUT2D eigenvalue weighted by molar-refractivity contribution is -0.146. The molecule has 1 N–H and O–H groups in total. The number of oxazole rings is 1. The maximum absolute atomic E-state index is 13.8. The Morgan fingerprint density at radius 3 is 2.50 bits per heavy atom. The molecule has 3 aromatic heterocycles. The highest BCUT2D eigenvalue weighted by molar-refractivity contribution is 7.22. The first kappa shape index (κ1) is 25.6. The molecule has 3 heterocycles. The fourth-order valence-electron chi connectivity index (χ4n) is 4.03. The van der Waals surface area contributed by atoms with Crippen LogP contribution < -0.4 is 11.2 Å². The van der Waals surface area contributed by atoms with Crippen molar-refractivity contribution in [1.29, 1.82) is 0 Å². The van der Waals surface area contributed by atoms with Gasteiger partial charge in [0, 0.05) is 6.61 Å². The molecular weight excluding hydrogens is 482 g/mol. The molecule has 0 radical (unpaired) electrons. The number of hydrogen-bond acceptors (Lipinski definition) is 7. The van der Waals surface area contributed by atoms with Gasteiger partial charge in [-0.3, -0.25) is 9.36 Å². The van der Waals surface area contributed by atoms with E-state index in [1.807, 2.05) is 44.2 Å². The molecule has 0 bridgehead atoms. The van der Waals surface area contributed by atoms with E-state index in [-0.39, 0.29) is 17.8 Å². The van der Waals surface area contributed by atoms with Crippen molar-refractivity contribution in [3.63, 3.8) is 0 Å².